The number of benzene rings is 1. The molecule has 0 radical (unpaired) electrons. The van der Waals surface area contributed by atoms with Gasteiger partial charge in [-0.2, -0.15) is 5.10 Å². The molecule has 3 rings (SSSR count). The van der Waals surface area contributed by atoms with Crippen molar-refractivity contribution >= 4 is 21.6 Å². The van der Waals surface area contributed by atoms with E-state index in [0.29, 0.717) is 23.9 Å². The first-order valence-corrected chi connectivity index (χ1v) is 7.46. The summed E-state index contributed by atoms with van der Waals surface area (Å²) in [5.41, 5.74) is 7.47. The van der Waals surface area contributed by atoms with Crippen molar-refractivity contribution in [3.8, 4) is 11.5 Å². The van der Waals surface area contributed by atoms with E-state index >= 15 is 0 Å². The quantitative estimate of drug-likeness (QED) is 0.644. The number of halogens is 1. The summed E-state index contributed by atoms with van der Waals surface area (Å²) in [6.45, 7) is 0.383. The van der Waals surface area contributed by atoms with Crippen LogP contribution in [0.3, 0.4) is 0 Å². The van der Waals surface area contributed by atoms with Gasteiger partial charge in [0.2, 0.25) is 0 Å². The van der Waals surface area contributed by atoms with Crippen LogP contribution < -0.4 is 11.1 Å². The molecule has 112 valence electrons. The van der Waals surface area contributed by atoms with Crippen molar-refractivity contribution < 1.29 is 0 Å². The van der Waals surface area contributed by atoms with Crippen molar-refractivity contribution in [1.29, 1.82) is 0 Å². The number of H-pyrrole nitrogens is 1. The van der Waals surface area contributed by atoms with E-state index in [9.17, 15) is 0 Å². The van der Waals surface area contributed by atoms with Gasteiger partial charge in [-0.05, 0) is 30.3 Å². The Bertz CT molecular complexity index is 726. The third-order valence-corrected chi connectivity index (χ3v) is 3.59. The largest absolute Gasteiger partial charge is 0.374 e. The van der Waals surface area contributed by atoms with Gasteiger partial charge in [-0.1, -0.05) is 15.9 Å². The minimum atomic E-state index is -0.163. The molecule has 3 aromatic rings. The van der Waals surface area contributed by atoms with E-state index in [-0.39, 0.29) is 6.04 Å². The molecule has 0 aliphatic rings. The van der Waals surface area contributed by atoms with Gasteiger partial charge in [0.25, 0.3) is 0 Å². The fourth-order valence-corrected chi connectivity index (χ4v) is 2.22. The van der Waals surface area contributed by atoms with Crippen molar-refractivity contribution in [3.63, 3.8) is 0 Å². The Morgan fingerprint density at radius 3 is 2.73 bits per heavy atom. The van der Waals surface area contributed by atoms with Gasteiger partial charge in [-0.3, -0.25) is 5.10 Å². The van der Waals surface area contributed by atoms with Gasteiger partial charge < -0.3 is 11.1 Å². The number of aromatic nitrogens is 5. The fraction of sp³-hybridized carbons (Fsp3) is 0.143. The summed E-state index contributed by atoms with van der Waals surface area (Å²) in [5, 5.41) is 10.4. The molecule has 2 heterocycles. The Morgan fingerprint density at radius 1 is 1.23 bits per heavy atom. The molecule has 0 fully saturated rings. The van der Waals surface area contributed by atoms with E-state index in [1.54, 1.807) is 12.3 Å². The average molecular weight is 360 g/mol. The summed E-state index contributed by atoms with van der Waals surface area (Å²) >= 11 is 3.41. The summed E-state index contributed by atoms with van der Waals surface area (Å²) in [6.07, 6.45) is 3.12. The lowest BCUT2D eigenvalue weighted by Gasteiger charge is -2.15. The van der Waals surface area contributed by atoms with Gasteiger partial charge >= 0.3 is 0 Å². The van der Waals surface area contributed by atoms with Crippen LogP contribution in [0.4, 0.5) is 5.69 Å². The summed E-state index contributed by atoms with van der Waals surface area (Å²) in [4.78, 5) is 12.5. The fourth-order valence-electron chi connectivity index (χ4n) is 1.95. The normalized spacial score (nSPS) is 12.1. The SMILES string of the molecule is NC[C@@H](Nc1ccc(Br)cc1)c1nc(-c2ccncn2)n[nH]1. The van der Waals surface area contributed by atoms with Gasteiger partial charge in [0.15, 0.2) is 5.82 Å². The summed E-state index contributed by atoms with van der Waals surface area (Å²) < 4.78 is 1.02. The van der Waals surface area contributed by atoms with Crippen LogP contribution in [0.2, 0.25) is 0 Å². The van der Waals surface area contributed by atoms with Crippen molar-refractivity contribution in [1.82, 2.24) is 25.1 Å². The Kier molecular flexibility index (Phi) is 4.40. The third-order valence-electron chi connectivity index (χ3n) is 3.06. The maximum atomic E-state index is 5.85. The monoisotopic (exact) mass is 359 g/mol. The minimum absolute atomic E-state index is 0.163. The molecule has 0 saturated heterocycles. The van der Waals surface area contributed by atoms with Gasteiger partial charge in [-0.15, -0.1) is 0 Å². The second-order valence-electron chi connectivity index (χ2n) is 4.58. The highest BCUT2D eigenvalue weighted by Gasteiger charge is 2.15. The molecule has 4 N–H and O–H groups in total. The summed E-state index contributed by atoms with van der Waals surface area (Å²) in [7, 11) is 0. The Morgan fingerprint density at radius 2 is 2.05 bits per heavy atom. The van der Waals surface area contributed by atoms with Gasteiger partial charge in [0, 0.05) is 22.9 Å². The maximum Gasteiger partial charge on any atom is 0.199 e. The second kappa shape index (κ2) is 6.63. The molecular weight excluding hydrogens is 346 g/mol. The number of aromatic amines is 1. The number of hydrogen-bond donors (Lipinski definition) is 3. The van der Waals surface area contributed by atoms with E-state index in [4.69, 9.17) is 5.73 Å². The number of nitrogens with two attached hydrogens (primary N) is 1. The topological polar surface area (TPSA) is 105 Å². The Balaban J connectivity index is 1.79. The third kappa shape index (κ3) is 3.29. The number of anilines is 1. The molecule has 0 bridgehead atoms. The first kappa shape index (κ1) is 14.6. The molecular formula is C14H14BrN7. The van der Waals surface area contributed by atoms with Crippen LogP contribution >= 0.6 is 15.9 Å². The molecule has 1 atom stereocenters. The smallest absolute Gasteiger partial charge is 0.199 e. The average Bonchev–Trinajstić information content (AvgIpc) is 3.05. The van der Waals surface area contributed by atoms with Crippen LogP contribution in [0.25, 0.3) is 11.5 Å². The number of hydrogen-bond acceptors (Lipinski definition) is 6. The van der Waals surface area contributed by atoms with E-state index in [1.807, 2.05) is 24.3 Å². The molecule has 0 spiro atoms. The van der Waals surface area contributed by atoms with E-state index in [0.717, 1.165) is 10.2 Å². The number of nitrogens with one attached hydrogen (secondary N) is 2. The molecule has 22 heavy (non-hydrogen) atoms. The minimum Gasteiger partial charge on any atom is -0.374 e. The highest BCUT2D eigenvalue weighted by atomic mass is 79.9. The van der Waals surface area contributed by atoms with Crippen LogP contribution in [0, 0.1) is 0 Å². The highest BCUT2D eigenvalue weighted by Crippen LogP contribution is 2.20. The number of nitrogens with zero attached hydrogens (tertiary/aromatic N) is 4. The van der Waals surface area contributed by atoms with Crippen LogP contribution in [0.15, 0.2) is 47.3 Å². The number of rotatable bonds is 5. The predicted octanol–water partition coefficient (Wildman–Crippen LogP) is 2.14. The summed E-state index contributed by atoms with van der Waals surface area (Å²) in [5.74, 6) is 1.19. The highest BCUT2D eigenvalue weighted by molar-refractivity contribution is 9.10. The van der Waals surface area contributed by atoms with Crippen molar-refractivity contribution in [2.24, 2.45) is 5.73 Å². The lowest BCUT2D eigenvalue weighted by molar-refractivity contribution is 0.730. The lowest BCUT2D eigenvalue weighted by atomic mass is 10.2. The second-order valence-corrected chi connectivity index (χ2v) is 5.49. The van der Waals surface area contributed by atoms with Gasteiger partial charge in [-0.25, -0.2) is 15.0 Å². The molecule has 0 amide bonds. The molecule has 0 saturated carbocycles. The Labute approximate surface area is 135 Å². The molecule has 0 unspecified atom stereocenters. The van der Waals surface area contributed by atoms with Crippen LogP contribution in [0.1, 0.15) is 11.9 Å². The molecule has 7 nitrogen and oxygen atoms in total. The van der Waals surface area contributed by atoms with Crippen molar-refractivity contribution in [3.05, 3.63) is 53.2 Å². The van der Waals surface area contributed by atoms with Gasteiger partial charge in [0.05, 0.1) is 6.04 Å². The van der Waals surface area contributed by atoms with Crippen molar-refractivity contribution in [2.45, 2.75) is 6.04 Å². The molecule has 0 aliphatic heterocycles. The van der Waals surface area contributed by atoms with E-state index in [2.05, 4.69) is 46.4 Å². The lowest BCUT2D eigenvalue weighted by Crippen LogP contribution is -2.21. The first-order chi connectivity index (χ1) is 10.8. The standard InChI is InChI=1S/C14H14BrN7/c15-9-1-3-10(4-2-9)19-12(7-16)14-20-13(21-22-14)11-5-6-17-8-18-11/h1-6,8,12,19H,7,16H2,(H,20,21,22)/t12-/m1/s1. The molecule has 2 aromatic heterocycles. The van der Waals surface area contributed by atoms with Crippen molar-refractivity contribution in [2.75, 3.05) is 11.9 Å². The maximum absolute atomic E-state index is 5.85. The molecule has 8 heteroatoms. The molecule has 1 aromatic carbocycles. The Hall–Kier alpha value is -2.32. The van der Waals surface area contributed by atoms with Crippen LogP contribution in [0.5, 0.6) is 0 Å². The van der Waals surface area contributed by atoms with Crippen LogP contribution in [-0.4, -0.2) is 31.7 Å². The molecule has 0 aliphatic carbocycles. The zero-order valence-electron chi connectivity index (χ0n) is 11.6. The summed E-state index contributed by atoms with van der Waals surface area (Å²) in [6, 6.07) is 9.45. The zero-order chi connectivity index (χ0) is 15.4. The predicted molar refractivity (Wildman–Crippen MR) is 87.0 cm³/mol. The van der Waals surface area contributed by atoms with E-state index < -0.39 is 0 Å². The van der Waals surface area contributed by atoms with Crippen LogP contribution in [-0.2, 0) is 0 Å². The van der Waals surface area contributed by atoms with Gasteiger partial charge in [0.1, 0.15) is 17.8 Å². The zero-order valence-corrected chi connectivity index (χ0v) is 13.2. The first-order valence-electron chi connectivity index (χ1n) is 6.67. The van der Waals surface area contributed by atoms with E-state index in [1.165, 1.54) is 6.33 Å².